The molecule has 5 rings (SSSR count). The summed E-state index contributed by atoms with van der Waals surface area (Å²) in [6.45, 7) is 4.08. The van der Waals surface area contributed by atoms with Gasteiger partial charge in [-0.2, -0.15) is 0 Å². The molecule has 0 saturated carbocycles. The zero-order valence-electron chi connectivity index (χ0n) is 19.3. The smallest absolute Gasteiger partial charge is 0.231 e. The molecule has 8 heteroatoms. The molecule has 1 N–H and O–H groups in total. The van der Waals surface area contributed by atoms with Gasteiger partial charge in [0.1, 0.15) is 0 Å². The summed E-state index contributed by atoms with van der Waals surface area (Å²) in [6, 6.07) is 9.50. The summed E-state index contributed by atoms with van der Waals surface area (Å²) in [6.07, 6.45) is 1.16. The van der Waals surface area contributed by atoms with Gasteiger partial charge in [0.05, 0.1) is 13.2 Å². The highest BCUT2D eigenvalue weighted by atomic mass is 79.9. The second-order valence-corrected chi connectivity index (χ2v) is 9.88. The molecule has 2 aliphatic heterocycles. The van der Waals surface area contributed by atoms with Crippen molar-refractivity contribution in [2.24, 2.45) is 0 Å². The SMILES string of the molecule is COc1cc(C2CC(=O)C3=C(C2)NC(=O)CC3c2cc3c(cc2Br)OCO3)ccc1OC(C)C. The molecule has 2 unspecified atom stereocenters. The first-order valence-corrected chi connectivity index (χ1v) is 12.1. The average molecular weight is 528 g/mol. The number of carbonyl (C=O) groups excluding carboxylic acids is 2. The molecule has 1 aliphatic carbocycles. The molecule has 0 saturated heterocycles. The number of benzene rings is 2. The van der Waals surface area contributed by atoms with Crippen molar-refractivity contribution in [1.82, 2.24) is 5.32 Å². The number of hydrogen-bond acceptors (Lipinski definition) is 6. The fourth-order valence-electron chi connectivity index (χ4n) is 4.95. The maximum Gasteiger partial charge on any atom is 0.231 e. The van der Waals surface area contributed by atoms with Gasteiger partial charge in [-0.05, 0) is 61.6 Å². The molecule has 7 nitrogen and oxygen atoms in total. The van der Waals surface area contributed by atoms with Gasteiger partial charge in [0.2, 0.25) is 12.7 Å². The van der Waals surface area contributed by atoms with Gasteiger partial charge >= 0.3 is 0 Å². The number of allylic oxidation sites excluding steroid dienone is 2. The molecule has 2 atom stereocenters. The third-order valence-corrected chi connectivity index (χ3v) is 7.11. The van der Waals surface area contributed by atoms with E-state index in [9.17, 15) is 9.59 Å². The first-order chi connectivity index (χ1) is 16.3. The molecule has 2 heterocycles. The van der Waals surface area contributed by atoms with E-state index in [1.165, 1.54) is 0 Å². The Bertz CT molecular complexity index is 1200. The maximum atomic E-state index is 13.5. The summed E-state index contributed by atoms with van der Waals surface area (Å²) in [4.78, 5) is 26.2. The zero-order chi connectivity index (χ0) is 24.0. The molecule has 2 aromatic carbocycles. The number of ether oxygens (including phenoxy) is 4. The normalized spacial score (nSPS) is 21.4. The van der Waals surface area contributed by atoms with Crippen LogP contribution in [0.4, 0.5) is 0 Å². The van der Waals surface area contributed by atoms with Gasteiger partial charge in [0.15, 0.2) is 28.8 Å². The van der Waals surface area contributed by atoms with Gasteiger partial charge in [0.25, 0.3) is 0 Å². The zero-order valence-corrected chi connectivity index (χ0v) is 20.9. The summed E-state index contributed by atoms with van der Waals surface area (Å²) in [5.74, 6) is 2.13. The summed E-state index contributed by atoms with van der Waals surface area (Å²) < 4.78 is 23.1. The van der Waals surface area contributed by atoms with Crippen LogP contribution >= 0.6 is 15.9 Å². The Morgan fingerprint density at radius 1 is 1.03 bits per heavy atom. The lowest BCUT2D eigenvalue weighted by molar-refractivity contribution is -0.122. The minimum atomic E-state index is -0.336. The lowest BCUT2D eigenvalue weighted by Gasteiger charge is -2.35. The molecular weight excluding hydrogens is 502 g/mol. The number of nitrogens with one attached hydrogen (secondary N) is 1. The van der Waals surface area contributed by atoms with Crippen molar-refractivity contribution in [1.29, 1.82) is 0 Å². The molecule has 34 heavy (non-hydrogen) atoms. The highest BCUT2D eigenvalue weighted by Gasteiger charge is 2.39. The lowest BCUT2D eigenvalue weighted by Crippen LogP contribution is -2.38. The van der Waals surface area contributed by atoms with E-state index < -0.39 is 0 Å². The van der Waals surface area contributed by atoms with Crippen LogP contribution in [-0.4, -0.2) is 31.7 Å². The number of rotatable bonds is 5. The highest BCUT2D eigenvalue weighted by Crippen LogP contribution is 2.47. The van der Waals surface area contributed by atoms with Crippen molar-refractivity contribution in [3.8, 4) is 23.0 Å². The Labute approximate surface area is 206 Å². The second-order valence-electron chi connectivity index (χ2n) is 9.03. The van der Waals surface area contributed by atoms with Crippen molar-refractivity contribution >= 4 is 27.6 Å². The van der Waals surface area contributed by atoms with Crippen LogP contribution in [0.2, 0.25) is 0 Å². The van der Waals surface area contributed by atoms with E-state index in [1.54, 1.807) is 7.11 Å². The fourth-order valence-corrected chi connectivity index (χ4v) is 5.55. The standard InChI is InChI=1S/C26H26BrNO6/c1-13(2)34-21-5-4-14(8-22(21)31-3)15-6-19-26(20(29)7-15)17(10-25(30)28-19)16-9-23-24(11-18(16)27)33-12-32-23/h4-5,8-9,11,13,15,17H,6-7,10,12H2,1-3H3,(H,28,30). The Kier molecular flexibility index (Phi) is 6.02. The van der Waals surface area contributed by atoms with Gasteiger partial charge < -0.3 is 24.3 Å². The van der Waals surface area contributed by atoms with Gasteiger partial charge in [-0.1, -0.05) is 22.0 Å². The number of fused-ring (bicyclic) bond motifs is 1. The van der Waals surface area contributed by atoms with Gasteiger partial charge in [-0.15, -0.1) is 0 Å². The number of hydrogen-bond donors (Lipinski definition) is 1. The number of Topliss-reactive ketones (excluding diaryl/α,β-unsaturated/α-hetero) is 1. The highest BCUT2D eigenvalue weighted by molar-refractivity contribution is 9.10. The predicted molar refractivity (Wildman–Crippen MR) is 129 cm³/mol. The van der Waals surface area contributed by atoms with E-state index in [4.69, 9.17) is 18.9 Å². The monoisotopic (exact) mass is 527 g/mol. The van der Waals surface area contributed by atoms with Crippen molar-refractivity contribution in [3.63, 3.8) is 0 Å². The van der Waals surface area contributed by atoms with Crippen molar-refractivity contribution in [3.05, 3.63) is 57.2 Å². The molecule has 178 valence electrons. The molecule has 2 aromatic rings. The maximum absolute atomic E-state index is 13.5. The quantitative estimate of drug-likeness (QED) is 0.590. The molecule has 0 bridgehead atoms. The van der Waals surface area contributed by atoms with E-state index in [0.29, 0.717) is 47.1 Å². The van der Waals surface area contributed by atoms with Crippen LogP contribution in [0, 0.1) is 0 Å². The summed E-state index contributed by atoms with van der Waals surface area (Å²) >= 11 is 3.60. The summed E-state index contributed by atoms with van der Waals surface area (Å²) in [7, 11) is 1.61. The minimum absolute atomic E-state index is 0.0219. The molecular formula is C26H26BrNO6. The number of halogens is 1. The first kappa shape index (κ1) is 22.8. The van der Waals surface area contributed by atoms with Crippen molar-refractivity contribution < 1.29 is 28.5 Å². The number of carbonyl (C=O) groups is 2. The third kappa shape index (κ3) is 4.15. The Balaban J connectivity index is 1.48. The molecule has 0 radical (unpaired) electrons. The topological polar surface area (TPSA) is 83.1 Å². The van der Waals surface area contributed by atoms with Gasteiger partial charge in [-0.3, -0.25) is 9.59 Å². The van der Waals surface area contributed by atoms with Crippen LogP contribution in [0.1, 0.15) is 56.1 Å². The number of methoxy groups -OCH3 is 1. The van der Waals surface area contributed by atoms with Crippen LogP contribution in [0.25, 0.3) is 0 Å². The first-order valence-electron chi connectivity index (χ1n) is 11.3. The largest absolute Gasteiger partial charge is 0.493 e. The molecule has 0 aromatic heterocycles. The van der Waals surface area contributed by atoms with Crippen LogP contribution in [0.3, 0.4) is 0 Å². The summed E-state index contributed by atoms with van der Waals surface area (Å²) in [5.41, 5.74) is 3.22. The van der Waals surface area contributed by atoms with Crippen LogP contribution < -0.4 is 24.3 Å². The average Bonchev–Trinajstić information content (AvgIpc) is 3.24. The van der Waals surface area contributed by atoms with Crippen LogP contribution in [0.15, 0.2) is 46.1 Å². The third-order valence-electron chi connectivity index (χ3n) is 6.43. The fraction of sp³-hybridized carbons (Fsp3) is 0.385. The summed E-state index contributed by atoms with van der Waals surface area (Å²) in [5, 5.41) is 2.98. The van der Waals surface area contributed by atoms with Crippen LogP contribution in [0.5, 0.6) is 23.0 Å². The van der Waals surface area contributed by atoms with E-state index in [-0.39, 0.29) is 42.8 Å². The second kappa shape index (κ2) is 8.98. The van der Waals surface area contributed by atoms with Gasteiger partial charge in [-0.25, -0.2) is 0 Å². The molecule has 3 aliphatic rings. The number of amides is 1. The molecule has 0 fully saturated rings. The van der Waals surface area contributed by atoms with E-state index in [1.807, 2.05) is 44.2 Å². The van der Waals surface area contributed by atoms with Crippen molar-refractivity contribution in [2.45, 2.75) is 51.0 Å². The Morgan fingerprint density at radius 3 is 2.53 bits per heavy atom. The Hall–Kier alpha value is -3.00. The van der Waals surface area contributed by atoms with Crippen molar-refractivity contribution in [2.75, 3.05) is 13.9 Å². The van der Waals surface area contributed by atoms with E-state index in [2.05, 4.69) is 21.2 Å². The lowest BCUT2D eigenvalue weighted by atomic mass is 9.73. The van der Waals surface area contributed by atoms with Crippen LogP contribution in [-0.2, 0) is 9.59 Å². The van der Waals surface area contributed by atoms with Gasteiger partial charge in [0, 0.05) is 34.5 Å². The number of ketones is 1. The minimum Gasteiger partial charge on any atom is -0.493 e. The molecule has 0 spiro atoms. The van der Waals surface area contributed by atoms with E-state index in [0.717, 1.165) is 15.6 Å². The predicted octanol–water partition coefficient (Wildman–Crippen LogP) is 4.98. The van der Waals surface area contributed by atoms with E-state index >= 15 is 0 Å². The molecule has 1 amide bonds. The Morgan fingerprint density at radius 2 is 1.79 bits per heavy atom.